The molecule has 0 amide bonds. The molecule has 0 aliphatic rings. The molecule has 4 nitrogen and oxygen atoms in total. The van der Waals surface area contributed by atoms with E-state index in [1.807, 2.05) is 43.7 Å². The van der Waals surface area contributed by atoms with Crippen molar-refractivity contribution in [2.75, 3.05) is 7.11 Å². The van der Waals surface area contributed by atoms with E-state index in [0.717, 1.165) is 46.8 Å². The van der Waals surface area contributed by atoms with Gasteiger partial charge in [-0.2, -0.15) is 5.10 Å². The first kappa shape index (κ1) is 15.6. The largest absolute Gasteiger partial charge is 0.496 e. The summed E-state index contributed by atoms with van der Waals surface area (Å²) in [6.07, 6.45) is 0.128. The molecule has 0 aliphatic carbocycles. The zero-order chi connectivity index (χ0) is 15.6. The number of methoxy groups -OCH3 is 1. The standard InChI is InChI=1S/C17H24N2O2/c1-6-13-10-15(19(7-2)18-13)16(20)14-9-8-11(3)12(4)17(14)21-5/h8-10,16,20H,6-7H2,1-5H3. The van der Waals surface area contributed by atoms with Gasteiger partial charge in [-0.15, -0.1) is 0 Å². The van der Waals surface area contributed by atoms with Crippen molar-refractivity contribution in [2.24, 2.45) is 0 Å². The van der Waals surface area contributed by atoms with Crippen molar-refractivity contribution in [3.05, 3.63) is 46.3 Å². The van der Waals surface area contributed by atoms with Crippen LogP contribution in [0.25, 0.3) is 0 Å². The van der Waals surface area contributed by atoms with Gasteiger partial charge in [0, 0.05) is 12.1 Å². The van der Waals surface area contributed by atoms with E-state index in [9.17, 15) is 5.11 Å². The molecule has 0 spiro atoms. The number of nitrogens with zero attached hydrogens (tertiary/aromatic N) is 2. The second-order valence-corrected chi connectivity index (χ2v) is 5.26. The van der Waals surface area contributed by atoms with Crippen molar-refractivity contribution < 1.29 is 9.84 Å². The molecule has 1 aromatic heterocycles. The van der Waals surface area contributed by atoms with Crippen LogP contribution in [-0.4, -0.2) is 22.0 Å². The number of aromatic nitrogens is 2. The topological polar surface area (TPSA) is 47.3 Å². The predicted octanol–water partition coefficient (Wildman–Crippen LogP) is 3.17. The molecule has 0 saturated carbocycles. The molecule has 1 heterocycles. The summed E-state index contributed by atoms with van der Waals surface area (Å²) in [6, 6.07) is 5.93. The first-order valence-corrected chi connectivity index (χ1v) is 7.42. The molecule has 114 valence electrons. The first-order chi connectivity index (χ1) is 10.0. The average molecular weight is 288 g/mol. The molecule has 2 rings (SSSR count). The molecule has 0 aliphatic heterocycles. The highest BCUT2D eigenvalue weighted by atomic mass is 16.5. The molecule has 0 bridgehead atoms. The van der Waals surface area contributed by atoms with Crippen LogP contribution in [0.3, 0.4) is 0 Å². The normalized spacial score (nSPS) is 12.5. The first-order valence-electron chi connectivity index (χ1n) is 7.42. The second-order valence-electron chi connectivity index (χ2n) is 5.26. The number of aryl methyl sites for hydroxylation is 3. The van der Waals surface area contributed by atoms with Crippen LogP contribution in [0.15, 0.2) is 18.2 Å². The fraction of sp³-hybridized carbons (Fsp3) is 0.471. The SMILES string of the molecule is CCc1cc(C(O)c2ccc(C)c(C)c2OC)n(CC)n1. The zero-order valence-electron chi connectivity index (χ0n) is 13.5. The van der Waals surface area contributed by atoms with Gasteiger partial charge in [0.15, 0.2) is 0 Å². The highest BCUT2D eigenvalue weighted by molar-refractivity contribution is 5.48. The van der Waals surface area contributed by atoms with Crippen LogP contribution in [-0.2, 0) is 13.0 Å². The average Bonchev–Trinajstić information content (AvgIpc) is 2.92. The molecule has 0 fully saturated rings. The maximum Gasteiger partial charge on any atom is 0.128 e. The van der Waals surface area contributed by atoms with Crippen molar-refractivity contribution in [1.29, 1.82) is 0 Å². The Balaban J connectivity index is 2.52. The predicted molar refractivity (Wildman–Crippen MR) is 83.8 cm³/mol. The van der Waals surface area contributed by atoms with Crippen LogP contribution in [0, 0.1) is 13.8 Å². The maximum absolute atomic E-state index is 10.8. The summed E-state index contributed by atoms with van der Waals surface area (Å²) in [6.45, 7) is 8.88. The van der Waals surface area contributed by atoms with Crippen LogP contribution in [0.4, 0.5) is 0 Å². The number of benzene rings is 1. The van der Waals surface area contributed by atoms with Gasteiger partial charge in [0.25, 0.3) is 0 Å². The number of hydrogen-bond acceptors (Lipinski definition) is 3. The summed E-state index contributed by atoms with van der Waals surface area (Å²) in [5.41, 5.74) is 4.82. The second kappa shape index (κ2) is 6.31. The molecule has 1 unspecified atom stereocenters. The van der Waals surface area contributed by atoms with Gasteiger partial charge >= 0.3 is 0 Å². The van der Waals surface area contributed by atoms with Gasteiger partial charge in [-0.25, -0.2) is 0 Å². The molecule has 0 radical (unpaired) electrons. The monoisotopic (exact) mass is 288 g/mol. The lowest BCUT2D eigenvalue weighted by Crippen LogP contribution is -2.11. The Morgan fingerprint density at radius 1 is 1.29 bits per heavy atom. The third-order valence-corrected chi connectivity index (χ3v) is 4.01. The van der Waals surface area contributed by atoms with E-state index < -0.39 is 6.10 Å². The number of rotatable bonds is 5. The summed E-state index contributed by atoms with van der Waals surface area (Å²) in [7, 11) is 1.65. The Kier molecular flexibility index (Phi) is 4.68. The Morgan fingerprint density at radius 3 is 2.57 bits per heavy atom. The molecule has 4 heteroatoms. The van der Waals surface area contributed by atoms with Crippen LogP contribution in [0.2, 0.25) is 0 Å². The molecule has 0 saturated heterocycles. The van der Waals surface area contributed by atoms with E-state index in [0.29, 0.717) is 0 Å². The van der Waals surface area contributed by atoms with Crippen molar-refractivity contribution in [2.45, 2.75) is 46.8 Å². The van der Waals surface area contributed by atoms with E-state index in [1.54, 1.807) is 7.11 Å². The van der Waals surface area contributed by atoms with Gasteiger partial charge in [0.05, 0.1) is 18.5 Å². The minimum absolute atomic E-state index is 0.730. The summed E-state index contributed by atoms with van der Waals surface area (Å²) in [4.78, 5) is 0. The minimum Gasteiger partial charge on any atom is -0.496 e. The summed E-state index contributed by atoms with van der Waals surface area (Å²) in [5, 5.41) is 15.3. The number of aliphatic hydroxyl groups is 1. The van der Waals surface area contributed by atoms with Gasteiger partial charge in [-0.05, 0) is 44.4 Å². The summed E-state index contributed by atoms with van der Waals surface area (Å²) in [5.74, 6) is 0.754. The van der Waals surface area contributed by atoms with Gasteiger partial charge in [0.1, 0.15) is 11.9 Å². The van der Waals surface area contributed by atoms with Crippen molar-refractivity contribution >= 4 is 0 Å². The molecule has 1 aromatic carbocycles. The van der Waals surface area contributed by atoms with Crippen molar-refractivity contribution in [3.8, 4) is 5.75 Å². The van der Waals surface area contributed by atoms with Crippen molar-refractivity contribution in [1.82, 2.24) is 9.78 Å². The lowest BCUT2D eigenvalue weighted by molar-refractivity contribution is 0.202. The lowest BCUT2D eigenvalue weighted by Gasteiger charge is -2.18. The van der Waals surface area contributed by atoms with Crippen molar-refractivity contribution in [3.63, 3.8) is 0 Å². The van der Waals surface area contributed by atoms with Gasteiger partial charge < -0.3 is 9.84 Å². The molecule has 2 aromatic rings. The molecule has 1 N–H and O–H groups in total. The summed E-state index contributed by atoms with van der Waals surface area (Å²) < 4.78 is 7.38. The summed E-state index contributed by atoms with van der Waals surface area (Å²) >= 11 is 0. The minimum atomic E-state index is -0.730. The van der Waals surface area contributed by atoms with Crippen LogP contribution < -0.4 is 4.74 Å². The Bertz CT molecular complexity index is 632. The maximum atomic E-state index is 10.8. The smallest absolute Gasteiger partial charge is 0.128 e. The van der Waals surface area contributed by atoms with Gasteiger partial charge in [0.2, 0.25) is 0 Å². The van der Waals surface area contributed by atoms with Crippen LogP contribution in [0.5, 0.6) is 5.75 Å². The molecular formula is C17H24N2O2. The Labute approximate surface area is 126 Å². The molecular weight excluding hydrogens is 264 g/mol. The molecule has 1 atom stereocenters. The van der Waals surface area contributed by atoms with Gasteiger partial charge in [-0.1, -0.05) is 19.1 Å². The Morgan fingerprint density at radius 2 is 2.00 bits per heavy atom. The highest BCUT2D eigenvalue weighted by Crippen LogP contribution is 2.34. The molecule has 21 heavy (non-hydrogen) atoms. The van der Waals surface area contributed by atoms with E-state index in [2.05, 4.69) is 12.0 Å². The van der Waals surface area contributed by atoms with Crippen LogP contribution in [0.1, 0.15) is 48.0 Å². The lowest BCUT2D eigenvalue weighted by atomic mass is 9.98. The fourth-order valence-electron chi connectivity index (χ4n) is 2.59. The van der Waals surface area contributed by atoms with Gasteiger partial charge in [-0.3, -0.25) is 4.68 Å². The number of aliphatic hydroxyl groups excluding tert-OH is 1. The van der Waals surface area contributed by atoms with E-state index in [4.69, 9.17) is 4.74 Å². The fourth-order valence-corrected chi connectivity index (χ4v) is 2.59. The quantitative estimate of drug-likeness (QED) is 0.919. The Hall–Kier alpha value is -1.81. The third-order valence-electron chi connectivity index (χ3n) is 4.01. The van der Waals surface area contributed by atoms with E-state index >= 15 is 0 Å². The highest BCUT2D eigenvalue weighted by Gasteiger charge is 2.21. The van der Waals surface area contributed by atoms with Crippen LogP contribution >= 0.6 is 0 Å². The van der Waals surface area contributed by atoms with E-state index in [-0.39, 0.29) is 0 Å². The van der Waals surface area contributed by atoms with E-state index in [1.165, 1.54) is 0 Å². The number of hydrogen-bond donors (Lipinski definition) is 1. The zero-order valence-corrected chi connectivity index (χ0v) is 13.5. The number of ether oxygens (including phenoxy) is 1. The third kappa shape index (κ3) is 2.81.